The number of amides is 1. The number of hydrogen-bond donors (Lipinski definition) is 1. The van der Waals surface area contributed by atoms with E-state index in [-0.39, 0.29) is 0 Å². The van der Waals surface area contributed by atoms with Crippen LogP contribution in [0.4, 0.5) is 4.79 Å². The van der Waals surface area contributed by atoms with Gasteiger partial charge in [0.05, 0.1) is 0 Å². The molecule has 1 amide bonds. The van der Waals surface area contributed by atoms with Crippen LogP contribution >= 0.6 is 0 Å². The van der Waals surface area contributed by atoms with E-state index >= 15 is 0 Å². The topological polar surface area (TPSA) is 52.3 Å². The lowest BCUT2D eigenvalue weighted by Gasteiger charge is -2.16. The molecule has 0 aromatic carbocycles. The van der Waals surface area contributed by atoms with Crippen molar-refractivity contribution in [1.29, 1.82) is 0 Å². The van der Waals surface area contributed by atoms with Crippen LogP contribution in [-0.4, -0.2) is 11.7 Å². The molecular weight excluding hydrogens is 130 g/mol. The Bertz CT molecular complexity index is 94.3. The summed E-state index contributed by atoms with van der Waals surface area (Å²) in [5.41, 5.74) is 4.26. The van der Waals surface area contributed by atoms with Gasteiger partial charge in [0.2, 0.25) is 0 Å². The number of ether oxygens (including phenoxy) is 1. The fraction of sp³-hybridized carbons (Fsp3) is 0.857. The second-order valence-corrected chi connectivity index (χ2v) is 2.53. The average Bonchev–Trinajstić information content (AvgIpc) is 1.64. The monoisotopic (exact) mass is 147 g/mol. The first-order valence-electron chi connectivity index (χ1n) is 3.40. The molecule has 0 bridgehead atoms. The molecule has 3 heteroatoms. The molecule has 0 heterocycles. The first-order chi connectivity index (χ1) is 4.42. The van der Waals surface area contributed by atoms with E-state index in [1.807, 2.05) is 13.8 Å². The van der Waals surface area contributed by atoms with Gasteiger partial charge < -0.3 is 10.5 Å². The van der Waals surface area contributed by atoms with Gasteiger partial charge in [0.15, 0.2) is 0 Å². The zero-order valence-electron chi connectivity index (χ0n) is 7.39. The molecule has 3 nitrogen and oxygen atoms in total. The SMILES string of the molecule is CC.CC(C)(C)OC(N)=O. The highest BCUT2D eigenvalue weighted by atomic mass is 16.6. The van der Waals surface area contributed by atoms with Gasteiger partial charge in [-0.15, -0.1) is 0 Å². The molecule has 0 aliphatic carbocycles. The summed E-state index contributed by atoms with van der Waals surface area (Å²) in [4.78, 5) is 10.0. The molecule has 0 aliphatic heterocycles. The van der Waals surface area contributed by atoms with Crippen molar-refractivity contribution in [3.63, 3.8) is 0 Å². The Morgan fingerprint density at radius 1 is 1.30 bits per heavy atom. The molecule has 0 fully saturated rings. The average molecular weight is 147 g/mol. The third-order valence-corrected chi connectivity index (χ3v) is 0.407. The minimum absolute atomic E-state index is 0.453. The zero-order valence-corrected chi connectivity index (χ0v) is 7.39. The summed E-state index contributed by atoms with van der Waals surface area (Å²) in [7, 11) is 0. The Morgan fingerprint density at radius 2 is 1.60 bits per heavy atom. The van der Waals surface area contributed by atoms with Crippen LogP contribution in [0.25, 0.3) is 0 Å². The van der Waals surface area contributed by atoms with E-state index in [1.54, 1.807) is 20.8 Å². The van der Waals surface area contributed by atoms with Crippen LogP contribution in [-0.2, 0) is 4.74 Å². The zero-order chi connectivity index (χ0) is 8.78. The molecule has 0 saturated carbocycles. The van der Waals surface area contributed by atoms with Crippen LogP contribution in [0.2, 0.25) is 0 Å². The summed E-state index contributed by atoms with van der Waals surface area (Å²) in [6.07, 6.45) is -0.725. The first-order valence-corrected chi connectivity index (χ1v) is 3.40. The van der Waals surface area contributed by atoms with Crippen LogP contribution in [0.3, 0.4) is 0 Å². The van der Waals surface area contributed by atoms with Crippen molar-refractivity contribution in [2.75, 3.05) is 0 Å². The van der Waals surface area contributed by atoms with Crippen LogP contribution in [0.15, 0.2) is 0 Å². The van der Waals surface area contributed by atoms with E-state index in [0.717, 1.165) is 0 Å². The highest BCUT2D eigenvalue weighted by Gasteiger charge is 2.12. The summed E-state index contributed by atoms with van der Waals surface area (Å²) in [5, 5.41) is 0. The molecule has 0 rings (SSSR count). The van der Waals surface area contributed by atoms with Crippen molar-refractivity contribution in [3.8, 4) is 0 Å². The maximum atomic E-state index is 10.0. The lowest BCUT2D eigenvalue weighted by atomic mass is 10.2. The fourth-order valence-electron chi connectivity index (χ4n) is 0.302. The van der Waals surface area contributed by atoms with Gasteiger partial charge in [-0.25, -0.2) is 4.79 Å². The fourth-order valence-corrected chi connectivity index (χ4v) is 0.302. The van der Waals surface area contributed by atoms with E-state index < -0.39 is 11.7 Å². The second-order valence-electron chi connectivity index (χ2n) is 2.53. The standard InChI is InChI=1S/C5H11NO2.C2H6/c1-5(2,3)8-4(6)7;1-2/h1-3H3,(H2,6,7);1-2H3. The van der Waals surface area contributed by atoms with Crippen LogP contribution in [0, 0.1) is 0 Å². The molecule has 0 spiro atoms. The Kier molecular flexibility index (Phi) is 6.10. The number of primary amides is 1. The minimum atomic E-state index is -0.725. The Labute approximate surface area is 62.5 Å². The van der Waals surface area contributed by atoms with Crippen LogP contribution in [0.5, 0.6) is 0 Å². The predicted octanol–water partition coefficient (Wildman–Crippen LogP) is 1.91. The van der Waals surface area contributed by atoms with Crippen molar-refractivity contribution >= 4 is 6.09 Å². The number of hydrogen-bond acceptors (Lipinski definition) is 2. The maximum absolute atomic E-state index is 10.0. The Balaban J connectivity index is 0. The number of carbonyl (C=O) groups is 1. The van der Waals surface area contributed by atoms with E-state index in [0.29, 0.717) is 0 Å². The van der Waals surface area contributed by atoms with E-state index in [2.05, 4.69) is 4.74 Å². The van der Waals surface area contributed by atoms with Crippen molar-refractivity contribution in [2.45, 2.75) is 40.2 Å². The Morgan fingerprint density at radius 3 is 1.60 bits per heavy atom. The van der Waals surface area contributed by atoms with Gasteiger partial charge in [-0.2, -0.15) is 0 Å². The number of carbonyl (C=O) groups excluding carboxylic acids is 1. The summed E-state index contributed by atoms with van der Waals surface area (Å²) < 4.78 is 4.58. The minimum Gasteiger partial charge on any atom is -0.444 e. The van der Waals surface area contributed by atoms with Gasteiger partial charge in [0.25, 0.3) is 0 Å². The van der Waals surface area contributed by atoms with Crippen LogP contribution < -0.4 is 5.73 Å². The van der Waals surface area contributed by atoms with E-state index in [4.69, 9.17) is 5.73 Å². The smallest absolute Gasteiger partial charge is 0.405 e. The third-order valence-electron chi connectivity index (χ3n) is 0.407. The molecule has 0 aromatic rings. The van der Waals surface area contributed by atoms with Crippen molar-refractivity contribution in [2.24, 2.45) is 5.73 Å². The molecular formula is C7H17NO2. The Hall–Kier alpha value is -0.730. The van der Waals surface area contributed by atoms with Gasteiger partial charge in [0, 0.05) is 0 Å². The molecule has 10 heavy (non-hydrogen) atoms. The molecule has 0 radical (unpaired) electrons. The molecule has 2 N–H and O–H groups in total. The number of nitrogens with two attached hydrogens (primary N) is 1. The highest BCUT2D eigenvalue weighted by Crippen LogP contribution is 2.04. The maximum Gasteiger partial charge on any atom is 0.405 e. The lowest BCUT2D eigenvalue weighted by molar-refractivity contribution is 0.0600. The quantitative estimate of drug-likeness (QED) is 0.569. The second kappa shape index (κ2) is 5.09. The van der Waals surface area contributed by atoms with Gasteiger partial charge in [-0.05, 0) is 20.8 Å². The van der Waals surface area contributed by atoms with Crippen molar-refractivity contribution in [1.82, 2.24) is 0 Å². The summed E-state index contributed by atoms with van der Waals surface area (Å²) in [5.74, 6) is 0. The largest absolute Gasteiger partial charge is 0.444 e. The molecule has 0 unspecified atom stereocenters. The van der Waals surface area contributed by atoms with Gasteiger partial charge in [-0.1, -0.05) is 13.8 Å². The lowest BCUT2D eigenvalue weighted by Crippen LogP contribution is -2.27. The van der Waals surface area contributed by atoms with Gasteiger partial charge in [0.1, 0.15) is 5.60 Å². The van der Waals surface area contributed by atoms with Gasteiger partial charge >= 0.3 is 6.09 Å². The highest BCUT2D eigenvalue weighted by molar-refractivity contribution is 5.65. The number of rotatable bonds is 0. The predicted molar refractivity (Wildman–Crippen MR) is 41.8 cm³/mol. The molecule has 0 aliphatic rings. The van der Waals surface area contributed by atoms with Crippen molar-refractivity contribution < 1.29 is 9.53 Å². The van der Waals surface area contributed by atoms with Crippen molar-refractivity contribution in [3.05, 3.63) is 0 Å². The normalized spacial score (nSPS) is 9.30. The van der Waals surface area contributed by atoms with Crippen LogP contribution in [0.1, 0.15) is 34.6 Å². The molecule has 0 saturated heterocycles. The molecule has 62 valence electrons. The summed E-state index contributed by atoms with van der Waals surface area (Å²) in [6, 6.07) is 0. The van der Waals surface area contributed by atoms with E-state index in [9.17, 15) is 4.79 Å². The van der Waals surface area contributed by atoms with Gasteiger partial charge in [-0.3, -0.25) is 0 Å². The summed E-state index contributed by atoms with van der Waals surface area (Å²) in [6.45, 7) is 9.28. The molecule has 0 atom stereocenters. The molecule has 0 aromatic heterocycles. The first kappa shape index (κ1) is 12.0. The van der Waals surface area contributed by atoms with E-state index in [1.165, 1.54) is 0 Å². The summed E-state index contributed by atoms with van der Waals surface area (Å²) >= 11 is 0. The third kappa shape index (κ3) is 15.7.